The van der Waals surface area contributed by atoms with Gasteiger partial charge in [-0.3, -0.25) is 9.59 Å². The molecule has 2 amide bonds. The fourth-order valence-electron chi connectivity index (χ4n) is 3.41. The molecule has 3 aromatic rings. The van der Waals surface area contributed by atoms with Gasteiger partial charge < -0.3 is 16.0 Å². The second kappa shape index (κ2) is 8.95. The summed E-state index contributed by atoms with van der Waals surface area (Å²) in [5, 5.41) is 3.84. The quantitative estimate of drug-likeness (QED) is 0.447. The van der Waals surface area contributed by atoms with Crippen molar-refractivity contribution in [2.75, 3.05) is 28.2 Å². The Morgan fingerprint density at radius 1 is 1.19 bits per heavy atom. The van der Waals surface area contributed by atoms with Crippen molar-refractivity contribution >= 4 is 52.4 Å². The number of halogens is 1. The lowest BCUT2D eigenvalue weighted by atomic mass is 10.0. The van der Waals surface area contributed by atoms with Gasteiger partial charge in [0, 0.05) is 10.6 Å². The van der Waals surface area contributed by atoms with Crippen LogP contribution < -0.4 is 16.0 Å². The molecule has 2 heterocycles. The summed E-state index contributed by atoms with van der Waals surface area (Å²) in [6.07, 6.45) is 0.659. The molecule has 0 radical (unpaired) electrons. The Kier molecular flexibility index (Phi) is 6.11. The predicted molar refractivity (Wildman–Crippen MR) is 124 cm³/mol. The van der Waals surface area contributed by atoms with E-state index in [-0.39, 0.29) is 24.1 Å². The van der Waals surface area contributed by atoms with Gasteiger partial charge in [-0.2, -0.15) is 0 Å². The highest BCUT2D eigenvalue weighted by molar-refractivity contribution is 7.99. The fourth-order valence-corrected chi connectivity index (χ4v) is 4.29. The summed E-state index contributed by atoms with van der Waals surface area (Å²) in [5.74, 6) is 0.0177. The van der Waals surface area contributed by atoms with E-state index in [1.165, 1.54) is 16.7 Å². The Morgan fingerprint density at radius 3 is 2.68 bits per heavy atom. The molecule has 0 spiro atoms. The third-order valence-corrected chi connectivity index (χ3v) is 5.94. The van der Waals surface area contributed by atoms with E-state index in [9.17, 15) is 9.59 Å². The second-order valence-corrected chi connectivity index (χ2v) is 8.29. The molecule has 0 bridgehead atoms. The molecule has 1 aromatic heterocycles. The standard InChI is InChI=1S/C22H20ClN5O2S/c1-2-15-20(13-7-9-14(23)10-8-13)21(24)27-22(26-15)31-12-19(30)28-11-18(29)25-16-5-3-4-6-17(16)28/h3-10H,2,11-12H2,1H3,(H,25,29)(H2,24,26,27). The summed E-state index contributed by atoms with van der Waals surface area (Å²) in [7, 11) is 0. The monoisotopic (exact) mass is 453 g/mol. The van der Waals surface area contributed by atoms with Crippen molar-refractivity contribution in [3.05, 3.63) is 59.2 Å². The van der Waals surface area contributed by atoms with Crippen molar-refractivity contribution in [3.63, 3.8) is 0 Å². The van der Waals surface area contributed by atoms with Crippen LogP contribution in [0.15, 0.2) is 53.7 Å². The number of nitrogens with two attached hydrogens (primary N) is 1. The van der Waals surface area contributed by atoms with Gasteiger partial charge in [0.05, 0.1) is 22.8 Å². The molecule has 9 heteroatoms. The van der Waals surface area contributed by atoms with Gasteiger partial charge in [-0.1, -0.05) is 54.6 Å². The molecule has 158 valence electrons. The van der Waals surface area contributed by atoms with Crippen molar-refractivity contribution in [1.82, 2.24) is 9.97 Å². The SMILES string of the molecule is CCc1nc(SCC(=O)N2CC(=O)Nc3ccccc32)nc(N)c1-c1ccc(Cl)cc1. The molecule has 1 aliphatic rings. The first-order valence-electron chi connectivity index (χ1n) is 9.70. The van der Waals surface area contributed by atoms with Crippen molar-refractivity contribution < 1.29 is 9.59 Å². The highest BCUT2D eigenvalue weighted by Gasteiger charge is 2.26. The molecule has 0 saturated heterocycles. The first kappa shape index (κ1) is 21.1. The van der Waals surface area contributed by atoms with Gasteiger partial charge in [0.1, 0.15) is 12.4 Å². The minimum Gasteiger partial charge on any atom is -0.383 e. The van der Waals surface area contributed by atoms with Gasteiger partial charge in [0.25, 0.3) is 0 Å². The predicted octanol–water partition coefficient (Wildman–Crippen LogP) is 4.02. The topological polar surface area (TPSA) is 101 Å². The number of carbonyl (C=O) groups excluding carboxylic acids is 2. The van der Waals surface area contributed by atoms with Gasteiger partial charge in [-0.15, -0.1) is 0 Å². The summed E-state index contributed by atoms with van der Waals surface area (Å²) in [5.41, 5.74) is 10.0. The largest absolute Gasteiger partial charge is 0.383 e. The maximum atomic E-state index is 12.9. The van der Waals surface area contributed by atoms with Crippen LogP contribution in [-0.2, 0) is 16.0 Å². The number of para-hydroxylation sites is 2. The average Bonchev–Trinajstić information content (AvgIpc) is 2.77. The number of hydrogen-bond donors (Lipinski definition) is 2. The molecule has 3 N–H and O–H groups in total. The van der Waals surface area contributed by atoms with E-state index in [1.807, 2.05) is 37.3 Å². The summed E-state index contributed by atoms with van der Waals surface area (Å²) in [6, 6.07) is 14.6. The van der Waals surface area contributed by atoms with E-state index < -0.39 is 0 Å². The summed E-state index contributed by atoms with van der Waals surface area (Å²) in [6.45, 7) is 1.97. The number of thioether (sulfide) groups is 1. The van der Waals surface area contributed by atoms with E-state index in [0.717, 1.165) is 16.8 Å². The van der Waals surface area contributed by atoms with Crippen LogP contribution in [0.25, 0.3) is 11.1 Å². The third kappa shape index (κ3) is 4.50. The van der Waals surface area contributed by atoms with Gasteiger partial charge in [-0.05, 0) is 36.2 Å². The van der Waals surface area contributed by atoms with Crippen LogP contribution in [0, 0.1) is 0 Å². The van der Waals surface area contributed by atoms with Crippen LogP contribution in [-0.4, -0.2) is 34.1 Å². The number of rotatable bonds is 5. The van der Waals surface area contributed by atoms with Crippen molar-refractivity contribution in [1.29, 1.82) is 0 Å². The normalized spacial score (nSPS) is 13.0. The zero-order valence-corrected chi connectivity index (χ0v) is 18.3. The lowest BCUT2D eigenvalue weighted by Crippen LogP contribution is -2.43. The van der Waals surface area contributed by atoms with Crippen LogP contribution in [0.5, 0.6) is 0 Å². The molecule has 0 unspecified atom stereocenters. The van der Waals surface area contributed by atoms with Crippen LogP contribution in [0.2, 0.25) is 5.02 Å². The molecule has 4 rings (SSSR count). The molecular weight excluding hydrogens is 434 g/mol. The van der Waals surface area contributed by atoms with Crippen molar-refractivity contribution in [3.8, 4) is 11.1 Å². The number of nitrogen functional groups attached to an aromatic ring is 1. The number of anilines is 3. The number of amides is 2. The summed E-state index contributed by atoms with van der Waals surface area (Å²) >= 11 is 7.19. The van der Waals surface area contributed by atoms with Crippen molar-refractivity contribution in [2.24, 2.45) is 0 Å². The third-order valence-electron chi connectivity index (χ3n) is 4.86. The minimum atomic E-state index is -0.224. The van der Waals surface area contributed by atoms with Gasteiger partial charge in [0.15, 0.2) is 5.16 Å². The van der Waals surface area contributed by atoms with E-state index in [4.69, 9.17) is 17.3 Å². The van der Waals surface area contributed by atoms with E-state index in [2.05, 4.69) is 15.3 Å². The Morgan fingerprint density at radius 2 is 1.94 bits per heavy atom. The van der Waals surface area contributed by atoms with Crippen LogP contribution in [0.1, 0.15) is 12.6 Å². The highest BCUT2D eigenvalue weighted by Crippen LogP contribution is 2.32. The Bertz CT molecular complexity index is 1150. The first-order chi connectivity index (χ1) is 15.0. The number of hydrogen-bond acceptors (Lipinski definition) is 6. The van der Waals surface area contributed by atoms with Crippen LogP contribution in [0.3, 0.4) is 0 Å². The van der Waals surface area contributed by atoms with E-state index >= 15 is 0 Å². The lowest BCUT2D eigenvalue weighted by Gasteiger charge is -2.29. The molecule has 0 atom stereocenters. The molecule has 31 heavy (non-hydrogen) atoms. The number of fused-ring (bicyclic) bond motifs is 1. The van der Waals surface area contributed by atoms with E-state index in [0.29, 0.717) is 33.8 Å². The highest BCUT2D eigenvalue weighted by atomic mass is 35.5. The first-order valence-corrected chi connectivity index (χ1v) is 11.1. The zero-order chi connectivity index (χ0) is 22.0. The summed E-state index contributed by atoms with van der Waals surface area (Å²) in [4.78, 5) is 35.3. The van der Waals surface area contributed by atoms with Gasteiger partial charge in [-0.25, -0.2) is 9.97 Å². The average molecular weight is 454 g/mol. The number of aromatic nitrogens is 2. The fraction of sp³-hybridized carbons (Fsp3) is 0.182. The van der Waals surface area contributed by atoms with Crippen LogP contribution in [0.4, 0.5) is 17.2 Å². The Balaban J connectivity index is 1.54. The number of carbonyl (C=O) groups is 2. The van der Waals surface area contributed by atoms with Gasteiger partial charge >= 0.3 is 0 Å². The molecule has 0 fully saturated rings. The second-order valence-electron chi connectivity index (χ2n) is 6.91. The molecule has 0 aliphatic carbocycles. The molecule has 7 nitrogen and oxygen atoms in total. The molecule has 0 saturated carbocycles. The number of aryl methyl sites for hydroxylation is 1. The number of nitrogens with one attached hydrogen (secondary N) is 1. The number of nitrogens with zero attached hydrogens (tertiary/aromatic N) is 3. The summed E-state index contributed by atoms with van der Waals surface area (Å²) < 4.78 is 0. The van der Waals surface area contributed by atoms with Crippen LogP contribution >= 0.6 is 23.4 Å². The zero-order valence-electron chi connectivity index (χ0n) is 16.8. The van der Waals surface area contributed by atoms with E-state index in [1.54, 1.807) is 18.2 Å². The molecule has 1 aliphatic heterocycles. The Hall–Kier alpha value is -3.10. The maximum absolute atomic E-state index is 12.9. The van der Waals surface area contributed by atoms with Gasteiger partial charge in [0.2, 0.25) is 11.8 Å². The minimum absolute atomic E-state index is 0.0187. The lowest BCUT2D eigenvalue weighted by molar-refractivity contribution is -0.120. The molecular formula is C22H20ClN5O2S. The smallest absolute Gasteiger partial charge is 0.244 e. The van der Waals surface area contributed by atoms with Crippen molar-refractivity contribution in [2.45, 2.75) is 18.5 Å². The maximum Gasteiger partial charge on any atom is 0.244 e. The molecule has 2 aromatic carbocycles. The number of benzene rings is 2. The Labute approximate surface area is 189 Å².